The van der Waals surface area contributed by atoms with Gasteiger partial charge in [-0.2, -0.15) is 21.6 Å². The molecule has 0 saturated heterocycles. The van der Waals surface area contributed by atoms with Crippen LogP contribution in [-0.4, -0.2) is 20.2 Å². The van der Waals surface area contributed by atoms with Gasteiger partial charge in [0.25, 0.3) is 0 Å². The molecule has 0 amide bonds. The number of halogens is 4. The molecule has 1 aromatic rings. The maximum atomic E-state index is 12.0. The van der Waals surface area contributed by atoms with E-state index in [0.717, 1.165) is 6.07 Å². The fourth-order valence-corrected chi connectivity index (χ4v) is 1.79. The lowest BCUT2D eigenvalue weighted by molar-refractivity contribution is -0.0500. The third-order valence-corrected chi connectivity index (χ3v) is 3.27. The molecule has 0 atom stereocenters. The van der Waals surface area contributed by atoms with Gasteiger partial charge in [-0.15, -0.1) is 0 Å². The summed E-state index contributed by atoms with van der Waals surface area (Å²) in [6.07, 6.45) is 0.186. The molecule has 0 bridgehead atoms. The second-order valence-electron chi connectivity index (χ2n) is 2.75. The molecule has 0 aromatic heterocycles. The first-order chi connectivity index (χ1) is 7.69. The van der Waals surface area contributed by atoms with Gasteiger partial charge in [0.1, 0.15) is 0 Å². The molecule has 17 heavy (non-hydrogen) atoms. The lowest BCUT2D eigenvalue weighted by Gasteiger charge is -2.11. The van der Waals surface area contributed by atoms with E-state index in [9.17, 15) is 26.4 Å². The number of hydrogen-bond acceptors (Lipinski definition) is 4. The summed E-state index contributed by atoms with van der Waals surface area (Å²) in [5.74, 6) is -0.688. The number of benzene rings is 1. The Labute approximate surface area is 103 Å². The van der Waals surface area contributed by atoms with E-state index >= 15 is 0 Å². The SMILES string of the molecule is O=Cc1c(Br)cccc1OS(=O)(=O)C(F)(F)F. The molecule has 0 spiro atoms. The van der Waals surface area contributed by atoms with E-state index in [4.69, 9.17) is 0 Å². The molecular formula is C8H4BrF3O4S. The zero-order valence-electron chi connectivity index (χ0n) is 7.86. The highest BCUT2D eigenvalue weighted by Crippen LogP contribution is 2.31. The average Bonchev–Trinajstić information content (AvgIpc) is 2.15. The average molecular weight is 333 g/mol. The smallest absolute Gasteiger partial charge is 0.375 e. The van der Waals surface area contributed by atoms with E-state index in [1.165, 1.54) is 12.1 Å². The van der Waals surface area contributed by atoms with Gasteiger partial charge >= 0.3 is 15.6 Å². The third kappa shape index (κ3) is 2.97. The first kappa shape index (κ1) is 14.0. The predicted octanol–water partition coefficient (Wildman–Crippen LogP) is 2.49. The summed E-state index contributed by atoms with van der Waals surface area (Å²) in [4.78, 5) is 10.6. The van der Waals surface area contributed by atoms with Gasteiger partial charge in [-0.1, -0.05) is 6.07 Å². The van der Waals surface area contributed by atoms with Crippen molar-refractivity contribution in [3.8, 4) is 5.75 Å². The zero-order valence-corrected chi connectivity index (χ0v) is 10.3. The second kappa shape index (κ2) is 4.65. The van der Waals surface area contributed by atoms with Crippen LogP contribution in [-0.2, 0) is 10.1 Å². The lowest BCUT2D eigenvalue weighted by Crippen LogP contribution is -2.28. The first-order valence-corrected chi connectivity index (χ1v) is 6.13. The van der Waals surface area contributed by atoms with E-state index in [0.29, 0.717) is 0 Å². The number of rotatable bonds is 3. The highest BCUT2D eigenvalue weighted by molar-refractivity contribution is 9.10. The number of carbonyl (C=O) groups is 1. The summed E-state index contributed by atoms with van der Waals surface area (Å²) in [7, 11) is -5.78. The summed E-state index contributed by atoms with van der Waals surface area (Å²) in [6.45, 7) is 0. The minimum absolute atomic E-state index is 0.127. The molecule has 1 rings (SSSR count). The van der Waals surface area contributed by atoms with Crippen molar-refractivity contribution in [1.82, 2.24) is 0 Å². The van der Waals surface area contributed by atoms with Gasteiger partial charge in [0.05, 0.1) is 5.56 Å². The van der Waals surface area contributed by atoms with Crippen molar-refractivity contribution >= 4 is 32.3 Å². The maximum absolute atomic E-state index is 12.0. The highest BCUT2D eigenvalue weighted by atomic mass is 79.9. The Hall–Kier alpha value is -1.09. The number of aldehydes is 1. The molecule has 94 valence electrons. The van der Waals surface area contributed by atoms with Crippen LogP contribution in [0.4, 0.5) is 13.2 Å². The summed E-state index contributed by atoms with van der Waals surface area (Å²) < 4.78 is 61.6. The molecule has 4 nitrogen and oxygen atoms in total. The normalized spacial score (nSPS) is 12.2. The molecule has 9 heteroatoms. The van der Waals surface area contributed by atoms with Crippen molar-refractivity contribution in [1.29, 1.82) is 0 Å². The van der Waals surface area contributed by atoms with Gasteiger partial charge in [0.15, 0.2) is 12.0 Å². The Kier molecular flexibility index (Phi) is 3.82. The van der Waals surface area contributed by atoms with Crippen LogP contribution < -0.4 is 4.18 Å². The van der Waals surface area contributed by atoms with Crippen LogP contribution in [0.5, 0.6) is 5.75 Å². The van der Waals surface area contributed by atoms with E-state index in [2.05, 4.69) is 20.1 Å². The molecule has 0 aliphatic heterocycles. The van der Waals surface area contributed by atoms with Crippen LogP contribution >= 0.6 is 15.9 Å². The molecule has 1 aromatic carbocycles. The molecule has 0 radical (unpaired) electrons. The first-order valence-electron chi connectivity index (χ1n) is 3.93. The van der Waals surface area contributed by atoms with Crippen molar-refractivity contribution in [2.75, 3.05) is 0 Å². The third-order valence-electron chi connectivity index (χ3n) is 1.61. The van der Waals surface area contributed by atoms with E-state index in [1.54, 1.807) is 0 Å². The zero-order chi connectivity index (χ0) is 13.3. The van der Waals surface area contributed by atoms with E-state index < -0.39 is 21.4 Å². The van der Waals surface area contributed by atoms with Crippen LogP contribution in [0, 0.1) is 0 Å². The Morgan fingerprint density at radius 3 is 2.35 bits per heavy atom. The van der Waals surface area contributed by atoms with Crippen LogP contribution in [0.1, 0.15) is 10.4 Å². The van der Waals surface area contributed by atoms with Crippen LogP contribution in [0.25, 0.3) is 0 Å². The fourth-order valence-electron chi connectivity index (χ4n) is 0.870. The summed E-state index contributed by atoms with van der Waals surface area (Å²) >= 11 is 2.88. The molecule has 0 saturated carbocycles. The van der Waals surface area contributed by atoms with Crippen LogP contribution in [0.3, 0.4) is 0 Å². The summed E-state index contributed by atoms with van der Waals surface area (Å²) in [5, 5.41) is 0. The molecule has 0 aliphatic rings. The Bertz CT molecular complexity index is 538. The van der Waals surface area contributed by atoms with E-state index in [-0.39, 0.29) is 16.3 Å². The maximum Gasteiger partial charge on any atom is 0.534 e. The molecular weight excluding hydrogens is 329 g/mol. The van der Waals surface area contributed by atoms with Crippen molar-refractivity contribution < 1.29 is 30.6 Å². The molecule has 0 aliphatic carbocycles. The van der Waals surface area contributed by atoms with Crippen LogP contribution in [0.15, 0.2) is 22.7 Å². The van der Waals surface area contributed by atoms with E-state index in [1.807, 2.05) is 0 Å². The number of alkyl halides is 3. The number of hydrogen-bond donors (Lipinski definition) is 0. The van der Waals surface area contributed by atoms with Gasteiger partial charge in [-0.05, 0) is 28.1 Å². The molecule has 0 heterocycles. The minimum Gasteiger partial charge on any atom is -0.375 e. The van der Waals surface area contributed by atoms with Crippen molar-refractivity contribution in [3.05, 3.63) is 28.2 Å². The number of carbonyl (C=O) groups excluding carboxylic acids is 1. The van der Waals surface area contributed by atoms with Crippen molar-refractivity contribution in [2.45, 2.75) is 5.51 Å². The Balaban J connectivity index is 3.22. The van der Waals surface area contributed by atoms with Crippen molar-refractivity contribution in [2.24, 2.45) is 0 Å². The Morgan fingerprint density at radius 2 is 1.88 bits per heavy atom. The van der Waals surface area contributed by atoms with Gasteiger partial charge in [-0.25, -0.2) is 0 Å². The van der Waals surface area contributed by atoms with Gasteiger partial charge in [-0.3, -0.25) is 4.79 Å². The minimum atomic E-state index is -5.78. The largest absolute Gasteiger partial charge is 0.534 e. The monoisotopic (exact) mass is 332 g/mol. The highest BCUT2D eigenvalue weighted by Gasteiger charge is 2.48. The second-order valence-corrected chi connectivity index (χ2v) is 5.14. The molecule has 0 unspecified atom stereocenters. The van der Waals surface area contributed by atoms with Crippen LogP contribution in [0.2, 0.25) is 0 Å². The summed E-state index contributed by atoms with van der Waals surface area (Å²) in [5.41, 5.74) is -5.87. The summed E-state index contributed by atoms with van der Waals surface area (Å²) in [6, 6.07) is 3.53. The van der Waals surface area contributed by atoms with Gasteiger partial charge < -0.3 is 4.18 Å². The fraction of sp³-hybridized carbons (Fsp3) is 0.125. The van der Waals surface area contributed by atoms with Gasteiger partial charge in [0, 0.05) is 4.47 Å². The standard InChI is InChI=1S/C8H4BrF3O4S/c9-6-2-1-3-7(5(6)4-13)16-17(14,15)8(10,11)12/h1-4H. The quantitative estimate of drug-likeness (QED) is 0.484. The topological polar surface area (TPSA) is 60.4 Å². The molecule has 0 fully saturated rings. The lowest BCUT2D eigenvalue weighted by atomic mass is 10.2. The predicted molar refractivity (Wildman–Crippen MR) is 55.1 cm³/mol. The van der Waals surface area contributed by atoms with Crippen molar-refractivity contribution in [3.63, 3.8) is 0 Å². The van der Waals surface area contributed by atoms with Gasteiger partial charge in [0.2, 0.25) is 0 Å². The molecule has 0 N–H and O–H groups in total. The Morgan fingerprint density at radius 1 is 1.29 bits per heavy atom.